The summed E-state index contributed by atoms with van der Waals surface area (Å²) in [6, 6.07) is 6.03. The van der Waals surface area contributed by atoms with Gasteiger partial charge >= 0.3 is 0 Å². The Bertz CT molecular complexity index is 917. The number of benzene rings is 1. The summed E-state index contributed by atoms with van der Waals surface area (Å²) in [4.78, 5) is 24.4. The summed E-state index contributed by atoms with van der Waals surface area (Å²) in [6.45, 7) is 3.71. The summed E-state index contributed by atoms with van der Waals surface area (Å²) in [5.41, 5.74) is 1.49. The number of nitrogens with one attached hydrogen (secondary N) is 4. The topological polar surface area (TPSA) is 142 Å². The van der Waals surface area contributed by atoms with E-state index in [1.807, 2.05) is 6.92 Å². The molecule has 2 aromatic rings. The average molecular weight is 430 g/mol. The van der Waals surface area contributed by atoms with Crippen molar-refractivity contribution in [2.75, 3.05) is 43.9 Å². The summed E-state index contributed by atoms with van der Waals surface area (Å²) >= 11 is 0. The van der Waals surface area contributed by atoms with Crippen LogP contribution < -0.4 is 27.1 Å². The van der Waals surface area contributed by atoms with Crippen LogP contribution in [-0.2, 0) is 4.79 Å². The number of rotatable bonds is 12. The van der Waals surface area contributed by atoms with Gasteiger partial charge in [0.15, 0.2) is 0 Å². The highest BCUT2D eigenvalue weighted by molar-refractivity contribution is 6.39. The molecule has 0 spiro atoms. The van der Waals surface area contributed by atoms with Crippen molar-refractivity contribution in [2.24, 2.45) is 15.9 Å². The Morgan fingerprint density at radius 1 is 1.32 bits per heavy atom. The van der Waals surface area contributed by atoms with Crippen LogP contribution in [0.3, 0.4) is 0 Å². The van der Waals surface area contributed by atoms with Gasteiger partial charge in [0.1, 0.15) is 17.3 Å². The van der Waals surface area contributed by atoms with Gasteiger partial charge in [0.25, 0.3) is 0 Å². The number of halogens is 1. The van der Waals surface area contributed by atoms with E-state index in [1.54, 1.807) is 25.4 Å². The minimum Gasteiger partial charge on any atom is -0.369 e. The Morgan fingerprint density at radius 3 is 2.87 bits per heavy atom. The van der Waals surface area contributed by atoms with E-state index in [-0.39, 0.29) is 18.3 Å². The number of nitrogens with two attached hydrogens (primary N) is 1. The van der Waals surface area contributed by atoms with Crippen LogP contribution in [0.2, 0.25) is 0 Å². The molecule has 0 saturated carbocycles. The van der Waals surface area contributed by atoms with Crippen LogP contribution in [0, 0.1) is 5.82 Å². The monoisotopic (exact) mass is 429 g/mol. The van der Waals surface area contributed by atoms with Gasteiger partial charge in [-0.3, -0.25) is 9.79 Å². The van der Waals surface area contributed by atoms with E-state index in [0.29, 0.717) is 48.4 Å². The molecule has 1 aromatic carbocycles. The van der Waals surface area contributed by atoms with E-state index >= 15 is 0 Å². The van der Waals surface area contributed by atoms with Gasteiger partial charge < -0.3 is 27.1 Å². The first kappa shape index (κ1) is 23.7. The summed E-state index contributed by atoms with van der Waals surface area (Å²) in [6.07, 6.45) is 3.96. The fraction of sp³-hybridized carbons (Fsp3) is 0.350. The summed E-state index contributed by atoms with van der Waals surface area (Å²) in [7, 11) is 1.70. The molecule has 11 heteroatoms. The zero-order chi connectivity index (χ0) is 22.5. The van der Waals surface area contributed by atoms with Crippen molar-refractivity contribution in [2.45, 2.75) is 13.3 Å². The van der Waals surface area contributed by atoms with Crippen molar-refractivity contribution >= 4 is 35.3 Å². The Balaban J connectivity index is 2.12. The minimum absolute atomic E-state index is 0.105. The smallest absolute Gasteiger partial charge is 0.234 e. The number of anilines is 3. The maximum atomic E-state index is 13.4. The van der Waals surface area contributed by atoms with Crippen molar-refractivity contribution in [1.29, 1.82) is 0 Å². The molecule has 1 amide bonds. The number of nitrogens with zero attached hydrogens (tertiary/aromatic N) is 4. The SMILES string of the molecule is CCCNc1nc(Nc2cccc(F)c2)ncc1C(C=NCCNC(=O)CNC)=NN. The number of hydrogen-bond donors (Lipinski definition) is 5. The van der Waals surface area contributed by atoms with Crippen LogP contribution in [0.1, 0.15) is 18.9 Å². The predicted molar refractivity (Wildman–Crippen MR) is 122 cm³/mol. The molecule has 2 rings (SSSR count). The highest BCUT2D eigenvalue weighted by atomic mass is 19.1. The van der Waals surface area contributed by atoms with Gasteiger partial charge in [-0.1, -0.05) is 13.0 Å². The molecule has 0 aliphatic heterocycles. The Hall–Kier alpha value is -3.60. The minimum atomic E-state index is -0.359. The molecular formula is C20H28FN9O. The number of carbonyl (C=O) groups excluding carboxylic acids is 1. The number of hydrazone groups is 1. The van der Waals surface area contributed by atoms with E-state index in [1.165, 1.54) is 18.3 Å². The summed E-state index contributed by atoms with van der Waals surface area (Å²) < 4.78 is 13.4. The van der Waals surface area contributed by atoms with Gasteiger partial charge in [0, 0.05) is 31.2 Å². The molecule has 0 aliphatic carbocycles. The molecule has 0 radical (unpaired) electrons. The van der Waals surface area contributed by atoms with Crippen molar-refractivity contribution in [1.82, 2.24) is 20.6 Å². The average Bonchev–Trinajstić information content (AvgIpc) is 2.75. The van der Waals surface area contributed by atoms with Gasteiger partial charge in [-0.05, 0) is 31.7 Å². The Labute approximate surface area is 180 Å². The number of hydrogen-bond acceptors (Lipinski definition) is 9. The van der Waals surface area contributed by atoms with Crippen molar-refractivity contribution < 1.29 is 9.18 Å². The zero-order valence-corrected chi connectivity index (χ0v) is 17.7. The van der Waals surface area contributed by atoms with E-state index in [2.05, 4.69) is 41.3 Å². The molecule has 166 valence electrons. The van der Waals surface area contributed by atoms with Crippen molar-refractivity contribution in [3.8, 4) is 0 Å². The van der Waals surface area contributed by atoms with Crippen molar-refractivity contribution in [3.63, 3.8) is 0 Å². The maximum Gasteiger partial charge on any atom is 0.234 e. The lowest BCUT2D eigenvalue weighted by molar-refractivity contribution is -0.120. The van der Waals surface area contributed by atoms with Crippen LogP contribution in [-0.4, -0.2) is 61.0 Å². The first-order valence-electron chi connectivity index (χ1n) is 9.90. The lowest BCUT2D eigenvalue weighted by atomic mass is 10.2. The number of aromatic nitrogens is 2. The van der Waals surface area contributed by atoms with Crippen LogP contribution in [0.25, 0.3) is 0 Å². The standard InChI is InChI=1S/C20H28FN9O/c1-3-7-26-19-16(17(30-22)12-24-8-9-25-18(31)13-23-2)11-27-20(29-19)28-15-6-4-5-14(21)10-15/h4-6,10-12,23H,3,7-9,13,22H2,1-2H3,(H,25,31)(H2,26,27,28,29). The zero-order valence-electron chi connectivity index (χ0n) is 17.7. The molecule has 0 aliphatic rings. The van der Waals surface area contributed by atoms with E-state index < -0.39 is 0 Å². The van der Waals surface area contributed by atoms with Gasteiger partial charge in [0.05, 0.1) is 18.7 Å². The Morgan fingerprint density at radius 2 is 2.16 bits per heavy atom. The van der Waals surface area contributed by atoms with Gasteiger partial charge in [-0.15, -0.1) is 0 Å². The van der Waals surface area contributed by atoms with Gasteiger partial charge in [0.2, 0.25) is 11.9 Å². The molecule has 0 fully saturated rings. The highest BCUT2D eigenvalue weighted by Crippen LogP contribution is 2.19. The fourth-order valence-corrected chi connectivity index (χ4v) is 2.51. The van der Waals surface area contributed by atoms with Crippen LogP contribution in [0.4, 0.5) is 21.8 Å². The molecule has 1 aromatic heterocycles. The predicted octanol–water partition coefficient (Wildman–Crippen LogP) is 1.25. The first-order chi connectivity index (χ1) is 15.1. The third-order valence-corrected chi connectivity index (χ3v) is 3.94. The number of amides is 1. The molecule has 0 atom stereocenters. The summed E-state index contributed by atoms with van der Waals surface area (Å²) in [5.74, 6) is 5.92. The van der Waals surface area contributed by atoms with E-state index in [0.717, 1.165) is 6.42 Å². The van der Waals surface area contributed by atoms with Crippen molar-refractivity contribution in [3.05, 3.63) is 41.8 Å². The normalized spacial score (nSPS) is 11.5. The second kappa shape index (κ2) is 12.9. The van der Waals surface area contributed by atoms with Crippen LogP contribution in [0.15, 0.2) is 40.6 Å². The highest BCUT2D eigenvalue weighted by Gasteiger charge is 2.12. The molecule has 1 heterocycles. The number of likely N-dealkylation sites (N-methyl/N-ethyl adjacent to an activating group) is 1. The number of aliphatic imine (C=N–C) groups is 1. The van der Waals surface area contributed by atoms with E-state index in [4.69, 9.17) is 5.84 Å². The maximum absolute atomic E-state index is 13.4. The third-order valence-electron chi connectivity index (χ3n) is 3.94. The fourth-order valence-electron chi connectivity index (χ4n) is 2.51. The molecule has 0 saturated heterocycles. The van der Waals surface area contributed by atoms with Gasteiger partial charge in [-0.25, -0.2) is 9.37 Å². The molecular weight excluding hydrogens is 401 g/mol. The molecule has 10 nitrogen and oxygen atoms in total. The van der Waals surface area contributed by atoms with Crippen LogP contribution >= 0.6 is 0 Å². The molecule has 0 bridgehead atoms. The molecule has 0 unspecified atom stereocenters. The third kappa shape index (κ3) is 7.97. The van der Waals surface area contributed by atoms with Crippen LogP contribution in [0.5, 0.6) is 0 Å². The molecule has 6 N–H and O–H groups in total. The second-order valence-electron chi connectivity index (χ2n) is 6.45. The molecule has 31 heavy (non-hydrogen) atoms. The summed E-state index contributed by atoms with van der Waals surface area (Å²) in [5, 5.41) is 15.5. The largest absolute Gasteiger partial charge is 0.369 e. The lowest BCUT2D eigenvalue weighted by Gasteiger charge is -2.12. The Kier molecular flexibility index (Phi) is 9.82. The number of carbonyl (C=O) groups is 1. The van der Waals surface area contributed by atoms with Gasteiger partial charge in [-0.2, -0.15) is 10.1 Å². The second-order valence-corrected chi connectivity index (χ2v) is 6.45. The first-order valence-corrected chi connectivity index (χ1v) is 9.90. The van der Waals surface area contributed by atoms with E-state index in [9.17, 15) is 9.18 Å². The quantitative estimate of drug-likeness (QED) is 0.148. The lowest BCUT2D eigenvalue weighted by Crippen LogP contribution is -2.33.